The highest BCUT2D eigenvalue weighted by Crippen LogP contribution is 2.42. The number of rotatable bonds is 4. The summed E-state index contributed by atoms with van der Waals surface area (Å²) in [5.41, 5.74) is 8.75. The summed E-state index contributed by atoms with van der Waals surface area (Å²) in [5.74, 6) is 0.220. The van der Waals surface area contributed by atoms with E-state index in [9.17, 15) is 4.79 Å². The molecule has 20 heavy (non-hydrogen) atoms. The van der Waals surface area contributed by atoms with Crippen LogP contribution in [0.3, 0.4) is 0 Å². The topological polar surface area (TPSA) is 83.8 Å². The smallest absolute Gasteiger partial charge is 0.274 e. The van der Waals surface area contributed by atoms with Gasteiger partial charge in [-0.2, -0.15) is 5.10 Å². The fourth-order valence-electron chi connectivity index (χ4n) is 2.31. The maximum atomic E-state index is 12.2. The minimum atomic E-state index is -0.234. The number of benzene rings is 1. The lowest BCUT2D eigenvalue weighted by Gasteiger charge is -2.13. The summed E-state index contributed by atoms with van der Waals surface area (Å²) in [5, 5.41) is 9.88. The molecule has 2 aromatic rings. The van der Waals surface area contributed by atoms with E-state index < -0.39 is 0 Å². The van der Waals surface area contributed by atoms with Gasteiger partial charge in [0.05, 0.1) is 17.4 Å². The number of amides is 1. The van der Waals surface area contributed by atoms with E-state index in [0.29, 0.717) is 17.3 Å². The van der Waals surface area contributed by atoms with Crippen molar-refractivity contribution in [1.29, 1.82) is 0 Å². The lowest BCUT2D eigenvalue weighted by molar-refractivity contribution is 0.0935. The Balaban J connectivity index is 1.73. The van der Waals surface area contributed by atoms with Crippen LogP contribution in [-0.2, 0) is 0 Å². The van der Waals surface area contributed by atoms with Gasteiger partial charge in [-0.15, -0.1) is 0 Å². The second kappa shape index (κ2) is 5.00. The molecule has 1 aromatic heterocycles. The molecule has 0 aliphatic heterocycles. The van der Waals surface area contributed by atoms with Crippen LogP contribution in [0.4, 0.5) is 5.69 Å². The summed E-state index contributed by atoms with van der Waals surface area (Å²) < 4.78 is 0. The quantitative estimate of drug-likeness (QED) is 0.797. The predicted molar refractivity (Wildman–Crippen MR) is 77.3 cm³/mol. The van der Waals surface area contributed by atoms with Gasteiger partial charge in [-0.3, -0.25) is 9.89 Å². The number of nitrogens with two attached hydrogens (primary N) is 1. The maximum Gasteiger partial charge on any atom is 0.274 e. The molecule has 0 unspecified atom stereocenters. The highest BCUT2D eigenvalue weighted by molar-refractivity contribution is 5.98. The molecule has 1 aromatic carbocycles. The molecule has 5 nitrogen and oxygen atoms in total. The summed E-state index contributed by atoms with van der Waals surface area (Å²) in [6.07, 6.45) is 2.24. The zero-order valence-electron chi connectivity index (χ0n) is 11.4. The van der Waals surface area contributed by atoms with Crippen molar-refractivity contribution in [2.45, 2.75) is 31.7 Å². The van der Waals surface area contributed by atoms with Crippen molar-refractivity contribution in [3.63, 3.8) is 0 Å². The van der Waals surface area contributed by atoms with Crippen molar-refractivity contribution in [3.05, 3.63) is 47.3 Å². The fourth-order valence-corrected chi connectivity index (χ4v) is 2.31. The van der Waals surface area contributed by atoms with Crippen LogP contribution in [0.2, 0.25) is 0 Å². The van der Waals surface area contributed by atoms with E-state index in [1.807, 2.05) is 37.3 Å². The van der Waals surface area contributed by atoms with Crippen molar-refractivity contribution in [2.75, 3.05) is 5.73 Å². The van der Waals surface area contributed by atoms with E-state index in [0.717, 1.165) is 24.1 Å². The van der Waals surface area contributed by atoms with Gasteiger partial charge in [-0.25, -0.2) is 0 Å². The third kappa shape index (κ3) is 2.39. The first kappa shape index (κ1) is 12.7. The largest absolute Gasteiger partial charge is 0.395 e. The standard InChI is InChI=1S/C15H18N4O/c1-9(10-5-3-2-4-6-10)17-15(20)14-12(16)13(18-19-14)11-7-8-11/h2-6,9,11H,7-8,16H2,1H3,(H,17,20)(H,18,19)/t9-/m1/s1. The van der Waals surface area contributed by atoms with Crippen LogP contribution in [-0.4, -0.2) is 16.1 Å². The number of hydrogen-bond acceptors (Lipinski definition) is 3. The molecule has 1 saturated carbocycles. The fraction of sp³-hybridized carbons (Fsp3) is 0.333. The molecule has 0 saturated heterocycles. The number of nitrogens with one attached hydrogen (secondary N) is 2. The Hall–Kier alpha value is -2.30. The molecular weight excluding hydrogens is 252 g/mol. The third-order valence-electron chi connectivity index (χ3n) is 3.68. The second-order valence-electron chi connectivity index (χ2n) is 5.28. The van der Waals surface area contributed by atoms with Gasteiger partial charge in [-0.1, -0.05) is 30.3 Å². The number of carbonyl (C=O) groups is 1. The van der Waals surface area contributed by atoms with E-state index in [4.69, 9.17) is 5.73 Å². The highest BCUT2D eigenvalue weighted by atomic mass is 16.2. The summed E-state index contributed by atoms with van der Waals surface area (Å²) >= 11 is 0. The number of H-pyrrole nitrogens is 1. The zero-order valence-corrected chi connectivity index (χ0v) is 11.4. The monoisotopic (exact) mass is 270 g/mol. The molecule has 1 aliphatic carbocycles. The number of hydrogen-bond donors (Lipinski definition) is 3. The number of aromatic nitrogens is 2. The average Bonchev–Trinajstić information content (AvgIpc) is 3.22. The number of anilines is 1. The molecule has 3 rings (SSSR count). The van der Waals surface area contributed by atoms with Crippen molar-refractivity contribution in [2.24, 2.45) is 0 Å². The SMILES string of the molecule is C[C@@H](NC(=O)c1n[nH]c(C2CC2)c1N)c1ccccc1. The minimum Gasteiger partial charge on any atom is -0.395 e. The van der Waals surface area contributed by atoms with Crippen molar-refractivity contribution in [3.8, 4) is 0 Å². The zero-order chi connectivity index (χ0) is 14.1. The number of aromatic amines is 1. The molecule has 1 heterocycles. The van der Waals surface area contributed by atoms with Gasteiger partial charge in [-0.05, 0) is 25.3 Å². The third-order valence-corrected chi connectivity index (χ3v) is 3.68. The molecule has 1 atom stereocenters. The van der Waals surface area contributed by atoms with Crippen LogP contribution >= 0.6 is 0 Å². The molecule has 5 heteroatoms. The van der Waals surface area contributed by atoms with Gasteiger partial charge >= 0.3 is 0 Å². The van der Waals surface area contributed by atoms with Gasteiger partial charge in [0.2, 0.25) is 0 Å². The van der Waals surface area contributed by atoms with Gasteiger partial charge < -0.3 is 11.1 Å². The molecule has 0 spiro atoms. The molecule has 1 fully saturated rings. The van der Waals surface area contributed by atoms with Crippen LogP contribution in [0.5, 0.6) is 0 Å². The molecular formula is C15H18N4O. The normalized spacial score (nSPS) is 15.8. The van der Waals surface area contributed by atoms with E-state index in [1.54, 1.807) is 0 Å². The van der Waals surface area contributed by atoms with Crippen LogP contribution in [0.1, 0.15) is 53.5 Å². The Bertz CT molecular complexity index is 616. The van der Waals surface area contributed by atoms with Crippen LogP contribution in [0.25, 0.3) is 0 Å². The van der Waals surface area contributed by atoms with Gasteiger partial charge in [0.15, 0.2) is 5.69 Å². The van der Waals surface area contributed by atoms with Crippen LogP contribution in [0.15, 0.2) is 30.3 Å². The number of carbonyl (C=O) groups excluding carboxylic acids is 1. The van der Waals surface area contributed by atoms with Crippen LogP contribution < -0.4 is 11.1 Å². The average molecular weight is 270 g/mol. The summed E-state index contributed by atoms with van der Waals surface area (Å²) in [7, 11) is 0. The maximum absolute atomic E-state index is 12.2. The second-order valence-corrected chi connectivity index (χ2v) is 5.28. The molecule has 1 aliphatic rings. The predicted octanol–water partition coefficient (Wildman–Crippen LogP) is 2.36. The van der Waals surface area contributed by atoms with Gasteiger partial charge in [0.1, 0.15) is 0 Å². The van der Waals surface area contributed by atoms with Crippen LogP contribution in [0, 0.1) is 0 Å². The van der Waals surface area contributed by atoms with Gasteiger partial charge in [0, 0.05) is 5.92 Å². The molecule has 104 valence electrons. The highest BCUT2D eigenvalue weighted by Gasteiger charge is 2.30. The Kier molecular flexibility index (Phi) is 3.18. The first-order valence-corrected chi connectivity index (χ1v) is 6.86. The lowest BCUT2D eigenvalue weighted by atomic mass is 10.1. The first-order chi connectivity index (χ1) is 9.66. The molecule has 4 N–H and O–H groups in total. The minimum absolute atomic E-state index is 0.0795. The van der Waals surface area contributed by atoms with E-state index in [-0.39, 0.29) is 11.9 Å². The Morgan fingerprint density at radius 2 is 2.10 bits per heavy atom. The Morgan fingerprint density at radius 1 is 1.40 bits per heavy atom. The van der Waals surface area contributed by atoms with E-state index in [1.165, 1.54) is 0 Å². The van der Waals surface area contributed by atoms with E-state index in [2.05, 4.69) is 15.5 Å². The lowest BCUT2D eigenvalue weighted by Crippen LogP contribution is -2.27. The number of nitrogens with zero attached hydrogens (tertiary/aromatic N) is 1. The van der Waals surface area contributed by atoms with Gasteiger partial charge in [0.25, 0.3) is 5.91 Å². The first-order valence-electron chi connectivity index (χ1n) is 6.86. The molecule has 1 amide bonds. The Labute approximate surface area is 117 Å². The van der Waals surface area contributed by atoms with Crippen molar-refractivity contribution in [1.82, 2.24) is 15.5 Å². The summed E-state index contributed by atoms with van der Waals surface area (Å²) in [6.45, 7) is 1.94. The number of nitrogen functional groups attached to an aromatic ring is 1. The Morgan fingerprint density at radius 3 is 2.75 bits per heavy atom. The van der Waals surface area contributed by atoms with Crippen molar-refractivity contribution >= 4 is 11.6 Å². The van der Waals surface area contributed by atoms with E-state index >= 15 is 0 Å². The summed E-state index contributed by atoms with van der Waals surface area (Å²) in [4.78, 5) is 12.2. The van der Waals surface area contributed by atoms with Crippen molar-refractivity contribution < 1.29 is 4.79 Å². The molecule has 0 radical (unpaired) electrons. The molecule has 0 bridgehead atoms. The summed E-state index contributed by atoms with van der Waals surface area (Å²) in [6, 6.07) is 9.73.